The van der Waals surface area contributed by atoms with Crippen LogP contribution in [0.15, 0.2) is 36.4 Å². The van der Waals surface area contributed by atoms with E-state index in [4.69, 9.17) is 19.2 Å². The van der Waals surface area contributed by atoms with Crippen LogP contribution in [0.1, 0.15) is 97.0 Å². The third-order valence-corrected chi connectivity index (χ3v) is 13.9. The first-order chi connectivity index (χ1) is 27.6. The second-order valence-electron chi connectivity index (χ2n) is 17.4. The maximum atomic E-state index is 14.9. The van der Waals surface area contributed by atoms with E-state index in [0.717, 1.165) is 24.8 Å². The summed E-state index contributed by atoms with van der Waals surface area (Å²) in [5, 5.41) is 3.01. The molecule has 7 rings (SSSR count). The van der Waals surface area contributed by atoms with E-state index in [-0.39, 0.29) is 43.0 Å². The number of rotatable bonds is 6. The summed E-state index contributed by atoms with van der Waals surface area (Å²) in [6.07, 6.45) is 12.7. The molecule has 1 aromatic heterocycles. The Balaban J connectivity index is 1.29. The zero-order valence-electron chi connectivity index (χ0n) is 34.3. The third kappa shape index (κ3) is 8.98. The number of fused-ring (bicyclic) bond motifs is 4. The lowest BCUT2D eigenvalue weighted by molar-refractivity contribution is -0.145. The summed E-state index contributed by atoms with van der Waals surface area (Å²) in [4.78, 5) is 65.2. The van der Waals surface area contributed by atoms with Gasteiger partial charge in [-0.25, -0.2) is 13.4 Å². The SMILES string of the molecule is CCOc1cc2c3cc(c(OC)cc3n1)C=CCC(C)(C)CN(C)C(=O)CC1CCCCCC=CC3CC3(C(=O)NS(=O)(=O)C3CC3)NC(=O)C3CC(CN3C1=O)O2. The Labute approximate surface area is 341 Å². The first kappa shape index (κ1) is 41.5. The van der Waals surface area contributed by atoms with Crippen LogP contribution < -0.4 is 24.2 Å². The molecule has 0 radical (unpaired) electrons. The highest BCUT2D eigenvalue weighted by Gasteiger charge is 2.62. The van der Waals surface area contributed by atoms with Gasteiger partial charge in [0.25, 0.3) is 5.91 Å². The predicted molar refractivity (Wildman–Crippen MR) is 218 cm³/mol. The van der Waals surface area contributed by atoms with Crippen molar-refractivity contribution in [3.63, 3.8) is 0 Å². The van der Waals surface area contributed by atoms with Crippen LogP contribution in [-0.4, -0.2) is 104 Å². The molecule has 5 bridgehead atoms. The lowest BCUT2D eigenvalue weighted by atomic mass is 9.87. The van der Waals surface area contributed by atoms with Crippen molar-refractivity contribution >= 4 is 50.6 Å². The molecule has 58 heavy (non-hydrogen) atoms. The predicted octanol–water partition coefficient (Wildman–Crippen LogP) is 4.90. The van der Waals surface area contributed by atoms with Gasteiger partial charge in [0.1, 0.15) is 29.2 Å². The van der Waals surface area contributed by atoms with Gasteiger partial charge in [-0.15, -0.1) is 0 Å². The third-order valence-electron chi connectivity index (χ3n) is 12.1. The Morgan fingerprint density at radius 1 is 1.09 bits per heavy atom. The van der Waals surface area contributed by atoms with Crippen molar-refractivity contribution < 1.29 is 41.8 Å². The minimum Gasteiger partial charge on any atom is -0.496 e. The summed E-state index contributed by atoms with van der Waals surface area (Å²) >= 11 is 0. The van der Waals surface area contributed by atoms with Gasteiger partial charge >= 0.3 is 0 Å². The monoisotopic (exact) mass is 819 g/mol. The molecular weight excluding hydrogens is 763 g/mol. The molecule has 15 heteroatoms. The molecule has 4 heterocycles. The van der Waals surface area contributed by atoms with Crippen molar-refractivity contribution in [1.82, 2.24) is 24.8 Å². The molecule has 2 N–H and O–H groups in total. The number of hydrogen-bond donors (Lipinski definition) is 2. The van der Waals surface area contributed by atoms with Gasteiger partial charge in [0.15, 0.2) is 0 Å². The highest BCUT2D eigenvalue weighted by Crippen LogP contribution is 2.46. The van der Waals surface area contributed by atoms with Crippen LogP contribution in [0.25, 0.3) is 17.0 Å². The van der Waals surface area contributed by atoms with Gasteiger partial charge in [0.05, 0.1) is 31.0 Å². The van der Waals surface area contributed by atoms with E-state index in [1.54, 1.807) is 25.1 Å². The maximum absolute atomic E-state index is 14.9. The number of pyridine rings is 1. The lowest BCUT2D eigenvalue weighted by Crippen LogP contribution is -2.57. The molecule has 1 saturated heterocycles. The van der Waals surface area contributed by atoms with Crippen molar-refractivity contribution in [3.05, 3.63) is 42.0 Å². The lowest BCUT2D eigenvalue weighted by Gasteiger charge is -2.32. The second kappa shape index (κ2) is 16.5. The number of carbonyl (C=O) groups is 4. The number of benzene rings is 1. The number of aromatic nitrogens is 1. The minimum atomic E-state index is -3.89. The number of sulfonamides is 1. The molecule has 0 spiro atoms. The number of hydrogen-bond acceptors (Lipinski definition) is 10. The van der Waals surface area contributed by atoms with E-state index in [1.807, 2.05) is 37.3 Å². The zero-order chi connectivity index (χ0) is 41.4. The molecule has 314 valence electrons. The van der Waals surface area contributed by atoms with Crippen LogP contribution in [0, 0.1) is 17.3 Å². The van der Waals surface area contributed by atoms with Crippen molar-refractivity contribution in [1.29, 1.82) is 0 Å². The van der Waals surface area contributed by atoms with E-state index < -0.39 is 56.6 Å². The first-order valence-corrected chi connectivity index (χ1v) is 22.3. The summed E-state index contributed by atoms with van der Waals surface area (Å²) in [6, 6.07) is 4.42. The van der Waals surface area contributed by atoms with E-state index in [1.165, 1.54) is 4.90 Å². The highest BCUT2D eigenvalue weighted by molar-refractivity contribution is 7.91. The van der Waals surface area contributed by atoms with Crippen molar-refractivity contribution in [3.8, 4) is 17.4 Å². The number of ether oxygens (including phenoxy) is 3. The first-order valence-electron chi connectivity index (χ1n) is 20.7. The van der Waals surface area contributed by atoms with Crippen molar-refractivity contribution in [2.75, 3.05) is 33.9 Å². The van der Waals surface area contributed by atoms with E-state index in [2.05, 4.69) is 30.0 Å². The number of nitrogens with one attached hydrogen (secondary N) is 2. The average molecular weight is 820 g/mol. The van der Waals surface area contributed by atoms with Gasteiger partial charge in [-0.05, 0) is 63.4 Å². The fraction of sp³-hybridized carbons (Fsp3) is 0.605. The van der Waals surface area contributed by atoms with Crippen LogP contribution in [0.5, 0.6) is 17.4 Å². The Hall–Kier alpha value is -4.66. The van der Waals surface area contributed by atoms with Gasteiger partial charge in [0, 0.05) is 61.4 Å². The molecule has 5 unspecified atom stereocenters. The van der Waals surface area contributed by atoms with E-state index >= 15 is 0 Å². The quantitative estimate of drug-likeness (QED) is 0.382. The molecule has 4 amide bonds. The number of nitrogens with zero attached hydrogens (tertiary/aromatic N) is 3. The maximum Gasteiger partial charge on any atom is 0.259 e. The summed E-state index contributed by atoms with van der Waals surface area (Å²) in [7, 11) is -0.528. The fourth-order valence-electron chi connectivity index (χ4n) is 8.67. The normalized spacial score (nSPS) is 28.1. The average Bonchev–Trinajstić information content (AvgIpc) is 4.09. The zero-order valence-corrected chi connectivity index (χ0v) is 35.1. The number of allylic oxidation sites excluding steroid dienone is 2. The van der Waals surface area contributed by atoms with Crippen LogP contribution >= 0.6 is 0 Å². The van der Waals surface area contributed by atoms with Gasteiger partial charge in [-0.1, -0.05) is 51.0 Å². The molecule has 2 saturated carbocycles. The summed E-state index contributed by atoms with van der Waals surface area (Å²) < 4.78 is 46.5. The standard InChI is InChI=1S/C43H57N5O9S/c1-6-56-37-23-36-32-19-27(35(55-5)22-33(32)44-37)14-12-18-42(2,3)26-47(4)38(49)20-28-13-10-8-7-9-11-15-29-24-43(29,41(52)46-58(53,54)31-16-17-31)45-39(50)34-21-30(57-36)25-48(34)40(28)51/h11-12,14-15,19,22-23,28-31,34H,6-10,13,16-18,20-21,24-26H2,1-5H3,(H,45,50)(H,46,52). The van der Waals surface area contributed by atoms with Crippen molar-refractivity contribution in [2.45, 2.75) is 114 Å². The Bertz CT molecular complexity index is 2120. The van der Waals surface area contributed by atoms with Crippen LogP contribution in [0.2, 0.25) is 0 Å². The fourth-order valence-corrected chi connectivity index (χ4v) is 10.0. The minimum absolute atomic E-state index is 0.0184. The Morgan fingerprint density at radius 3 is 2.62 bits per heavy atom. The van der Waals surface area contributed by atoms with E-state index in [0.29, 0.717) is 73.5 Å². The molecule has 1 aromatic carbocycles. The Kier molecular flexibility index (Phi) is 11.8. The molecule has 2 aromatic rings. The molecular formula is C43H57N5O9S. The van der Waals surface area contributed by atoms with Crippen LogP contribution in [0.3, 0.4) is 0 Å². The number of methoxy groups -OCH3 is 1. The van der Waals surface area contributed by atoms with Crippen LogP contribution in [0.4, 0.5) is 0 Å². The summed E-state index contributed by atoms with van der Waals surface area (Å²) in [5.74, 6) is -1.54. The summed E-state index contributed by atoms with van der Waals surface area (Å²) in [6.45, 7) is 6.91. The topological polar surface area (TPSA) is 174 Å². The Morgan fingerprint density at radius 2 is 1.88 bits per heavy atom. The smallest absolute Gasteiger partial charge is 0.259 e. The second-order valence-corrected chi connectivity index (χ2v) is 19.4. The van der Waals surface area contributed by atoms with Crippen LogP contribution in [-0.2, 0) is 29.2 Å². The molecule has 2 aliphatic carbocycles. The van der Waals surface area contributed by atoms with Gasteiger partial charge in [0.2, 0.25) is 33.6 Å². The van der Waals surface area contributed by atoms with Gasteiger partial charge in [-0.3, -0.25) is 23.9 Å². The summed E-state index contributed by atoms with van der Waals surface area (Å²) in [5.41, 5.74) is -0.418. The highest BCUT2D eigenvalue weighted by atomic mass is 32.2. The molecule has 5 aliphatic rings. The molecule has 3 fully saturated rings. The van der Waals surface area contributed by atoms with E-state index in [9.17, 15) is 27.6 Å². The van der Waals surface area contributed by atoms with Gasteiger partial charge < -0.3 is 29.3 Å². The number of amides is 4. The van der Waals surface area contributed by atoms with Gasteiger partial charge in [-0.2, -0.15) is 0 Å². The molecule has 3 aliphatic heterocycles. The molecule has 5 atom stereocenters. The van der Waals surface area contributed by atoms with Crippen molar-refractivity contribution in [2.24, 2.45) is 17.3 Å². The molecule has 14 nitrogen and oxygen atoms in total. The number of carbonyl (C=O) groups excluding carboxylic acids is 4. The largest absolute Gasteiger partial charge is 0.496 e.